The highest BCUT2D eigenvalue weighted by molar-refractivity contribution is 7.93. The number of pyridine rings is 1. The van der Waals surface area contributed by atoms with E-state index in [4.69, 9.17) is 5.73 Å². The monoisotopic (exact) mass is 307 g/mol. The van der Waals surface area contributed by atoms with Crippen LogP contribution in [0.3, 0.4) is 0 Å². The van der Waals surface area contributed by atoms with E-state index in [-0.39, 0.29) is 10.0 Å². The molecule has 102 valence electrons. The quantitative estimate of drug-likeness (QED) is 0.709. The van der Waals surface area contributed by atoms with E-state index < -0.39 is 10.0 Å². The minimum Gasteiger partial charge on any atom is -0.398 e. The second-order valence-corrected chi connectivity index (χ2v) is 6.39. The van der Waals surface area contributed by atoms with Gasteiger partial charge in [-0.1, -0.05) is 11.3 Å². The number of rotatable bonds is 3. The second-order valence-electron chi connectivity index (χ2n) is 3.90. The fraction of sp³-hybridized carbons (Fsp3) is 0. The molecule has 0 aliphatic heterocycles. The van der Waals surface area contributed by atoms with Gasteiger partial charge in [-0.3, -0.25) is 9.71 Å². The van der Waals surface area contributed by atoms with Crippen molar-refractivity contribution in [2.75, 3.05) is 10.5 Å². The minimum absolute atomic E-state index is 0.0532. The molecule has 0 aliphatic rings. The Balaban J connectivity index is 2.17. The summed E-state index contributed by atoms with van der Waals surface area (Å²) in [7, 11) is -3.79. The van der Waals surface area contributed by atoms with Crippen LogP contribution in [0.4, 0.5) is 10.8 Å². The number of nitrogens with two attached hydrogens (primary N) is 1. The summed E-state index contributed by atoms with van der Waals surface area (Å²) in [6.07, 6.45) is 1.52. The third-order valence-electron chi connectivity index (χ3n) is 2.64. The molecule has 0 radical (unpaired) electrons. The van der Waals surface area contributed by atoms with Crippen LogP contribution in [0.25, 0.3) is 10.9 Å². The Morgan fingerprint density at radius 3 is 2.85 bits per heavy atom. The average Bonchev–Trinajstić information content (AvgIpc) is 2.91. The fourth-order valence-corrected chi connectivity index (χ4v) is 3.63. The molecule has 20 heavy (non-hydrogen) atoms. The number of aromatic nitrogens is 3. The predicted octanol–water partition coefficient (Wildman–Crippen LogP) is 1.47. The van der Waals surface area contributed by atoms with Gasteiger partial charge in [0.25, 0.3) is 10.0 Å². The van der Waals surface area contributed by atoms with Crippen LogP contribution in [0.1, 0.15) is 0 Å². The van der Waals surface area contributed by atoms with Crippen LogP contribution in [0.5, 0.6) is 0 Å². The fourth-order valence-electron chi connectivity index (χ4n) is 1.77. The Labute approximate surface area is 118 Å². The van der Waals surface area contributed by atoms with Gasteiger partial charge in [-0.05, 0) is 24.3 Å². The molecule has 2 aromatic heterocycles. The van der Waals surface area contributed by atoms with Crippen molar-refractivity contribution in [3.8, 4) is 0 Å². The molecule has 0 aliphatic carbocycles. The van der Waals surface area contributed by atoms with E-state index >= 15 is 0 Å². The van der Waals surface area contributed by atoms with Crippen molar-refractivity contribution in [3.63, 3.8) is 0 Å². The summed E-state index contributed by atoms with van der Waals surface area (Å²) >= 11 is 1.10. The van der Waals surface area contributed by atoms with Gasteiger partial charge in [-0.2, -0.15) is 0 Å². The summed E-state index contributed by atoms with van der Waals surface area (Å²) in [6.45, 7) is 0. The summed E-state index contributed by atoms with van der Waals surface area (Å²) in [5, 5.41) is 8.03. The number of nitrogen functional groups attached to an aromatic ring is 1. The zero-order valence-corrected chi connectivity index (χ0v) is 11.6. The van der Waals surface area contributed by atoms with Gasteiger partial charge >= 0.3 is 0 Å². The third-order valence-corrected chi connectivity index (χ3v) is 4.74. The molecule has 9 heteroatoms. The normalized spacial score (nSPS) is 11.6. The molecule has 0 amide bonds. The van der Waals surface area contributed by atoms with Crippen LogP contribution >= 0.6 is 11.3 Å². The lowest BCUT2D eigenvalue weighted by Gasteiger charge is -2.09. The molecule has 3 N–H and O–H groups in total. The molecule has 2 heterocycles. The highest BCUT2D eigenvalue weighted by Crippen LogP contribution is 2.27. The number of hydrogen-bond donors (Lipinski definition) is 2. The summed E-state index contributed by atoms with van der Waals surface area (Å²) in [5.74, 6) is 0. The van der Waals surface area contributed by atoms with Crippen molar-refractivity contribution in [1.82, 2.24) is 15.2 Å². The van der Waals surface area contributed by atoms with Crippen LogP contribution < -0.4 is 10.5 Å². The predicted molar refractivity (Wildman–Crippen MR) is 76.9 cm³/mol. The standard InChI is InChI=1S/C11H9N5O2S2/c12-8-3-4-9(10-7(8)2-1-5-13-10)20(17,18)16-11-15-14-6-19-11/h1-6H,12H2,(H,15,16). The Morgan fingerprint density at radius 2 is 2.10 bits per heavy atom. The first-order valence-electron chi connectivity index (χ1n) is 5.50. The molecule has 0 saturated heterocycles. The Kier molecular flexibility index (Phi) is 2.99. The van der Waals surface area contributed by atoms with Crippen molar-refractivity contribution >= 4 is 43.1 Å². The number of nitrogens with one attached hydrogen (secondary N) is 1. The van der Waals surface area contributed by atoms with Gasteiger partial charge in [0.1, 0.15) is 10.4 Å². The van der Waals surface area contributed by atoms with Crippen LogP contribution in [-0.2, 0) is 10.0 Å². The average molecular weight is 307 g/mol. The van der Waals surface area contributed by atoms with Gasteiger partial charge in [-0.15, -0.1) is 10.2 Å². The molecule has 3 aromatic rings. The molecule has 0 bridgehead atoms. The van der Waals surface area contributed by atoms with Crippen molar-refractivity contribution < 1.29 is 8.42 Å². The van der Waals surface area contributed by atoms with Gasteiger partial charge in [0, 0.05) is 17.3 Å². The molecule has 3 rings (SSSR count). The minimum atomic E-state index is -3.79. The van der Waals surface area contributed by atoms with E-state index in [0.717, 1.165) is 11.3 Å². The number of nitrogens with zero attached hydrogens (tertiary/aromatic N) is 3. The summed E-state index contributed by atoms with van der Waals surface area (Å²) in [5.41, 5.74) is 8.07. The highest BCUT2D eigenvalue weighted by atomic mass is 32.2. The van der Waals surface area contributed by atoms with Gasteiger partial charge in [-0.25, -0.2) is 8.42 Å². The number of hydrogen-bond acceptors (Lipinski definition) is 7. The maximum Gasteiger partial charge on any atom is 0.265 e. The molecular formula is C11H9N5O2S2. The lowest BCUT2D eigenvalue weighted by atomic mass is 10.2. The Morgan fingerprint density at radius 1 is 1.25 bits per heavy atom. The van der Waals surface area contributed by atoms with Gasteiger partial charge in [0.05, 0.1) is 5.52 Å². The summed E-state index contributed by atoms with van der Waals surface area (Å²) in [4.78, 5) is 4.16. The van der Waals surface area contributed by atoms with Gasteiger partial charge in [0.2, 0.25) is 5.13 Å². The van der Waals surface area contributed by atoms with Crippen LogP contribution in [0, 0.1) is 0 Å². The van der Waals surface area contributed by atoms with Crippen LogP contribution in [0.2, 0.25) is 0 Å². The summed E-state index contributed by atoms with van der Waals surface area (Å²) < 4.78 is 27.1. The van der Waals surface area contributed by atoms with Gasteiger partial charge in [0.15, 0.2) is 0 Å². The smallest absolute Gasteiger partial charge is 0.265 e. The zero-order chi connectivity index (χ0) is 14.2. The van der Waals surface area contributed by atoms with Gasteiger partial charge < -0.3 is 5.73 Å². The number of anilines is 2. The van der Waals surface area contributed by atoms with Crippen molar-refractivity contribution in [3.05, 3.63) is 36.0 Å². The molecule has 0 atom stereocenters. The first-order chi connectivity index (χ1) is 9.58. The maximum absolute atomic E-state index is 12.4. The molecular weight excluding hydrogens is 298 g/mol. The van der Waals surface area contributed by atoms with E-state index in [1.165, 1.54) is 17.8 Å². The van der Waals surface area contributed by atoms with E-state index in [0.29, 0.717) is 16.6 Å². The molecule has 0 fully saturated rings. The zero-order valence-electron chi connectivity index (χ0n) is 10.0. The van der Waals surface area contributed by atoms with Crippen molar-refractivity contribution in [2.24, 2.45) is 0 Å². The van der Waals surface area contributed by atoms with Crippen LogP contribution in [0.15, 0.2) is 40.9 Å². The van der Waals surface area contributed by atoms with Crippen LogP contribution in [-0.4, -0.2) is 23.6 Å². The van der Waals surface area contributed by atoms with E-state index in [2.05, 4.69) is 19.9 Å². The largest absolute Gasteiger partial charge is 0.398 e. The first kappa shape index (κ1) is 12.8. The topological polar surface area (TPSA) is 111 Å². The molecule has 0 spiro atoms. The first-order valence-corrected chi connectivity index (χ1v) is 7.86. The summed E-state index contributed by atoms with van der Waals surface area (Å²) in [6, 6.07) is 6.39. The highest BCUT2D eigenvalue weighted by Gasteiger charge is 2.20. The molecule has 0 unspecified atom stereocenters. The van der Waals surface area contributed by atoms with Crippen molar-refractivity contribution in [1.29, 1.82) is 0 Å². The number of fused-ring (bicyclic) bond motifs is 1. The Bertz CT molecular complexity index is 862. The van der Waals surface area contributed by atoms with E-state index in [1.54, 1.807) is 18.2 Å². The number of sulfonamides is 1. The molecule has 0 saturated carbocycles. The van der Waals surface area contributed by atoms with E-state index in [9.17, 15) is 8.42 Å². The maximum atomic E-state index is 12.4. The lowest BCUT2D eigenvalue weighted by molar-refractivity contribution is 0.602. The molecule has 1 aromatic carbocycles. The van der Waals surface area contributed by atoms with Crippen molar-refractivity contribution in [2.45, 2.75) is 4.90 Å². The number of benzene rings is 1. The molecule has 7 nitrogen and oxygen atoms in total. The Hall–Kier alpha value is -2.26. The SMILES string of the molecule is Nc1ccc(S(=O)(=O)Nc2nncs2)c2ncccc12. The second kappa shape index (κ2) is 4.69. The third kappa shape index (κ3) is 2.17. The van der Waals surface area contributed by atoms with E-state index in [1.807, 2.05) is 0 Å². The lowest BCUT2D eigenvalue weighted by Crippen LogP contribution is -2.14.